The lowest BCUT2D eigenvalue weighted by Gasteiger charge is -2.34. The topological polar surface area (TPSA) is 86.7 Å². The first kappa shape index (κ1) is 24.8. The quantitative estimate of drug-likeness (QED) is 0.393. The third-order valence-corrected chi connectivity index (χ3v) is 8.82. The van der Waals surface area contributed by atoms with E-state index in [4.69, 9.17) is 5.11 Å². The number of allylic oxidation sites excluding steroid dienone is 1. The summed E-state index contributed by atoms with van der Waals surface area (Å²) in [4.78, 5) is 37.2. The van der Waals surface area contributed by atoms with Gasteiger partial charge in [-0.1, -0.05) is 25.3 Å². The highest BCUT2D eigenvalue weighted by Gasteiger charge is 2.27. The van der Waals surface area contributed by atoms with Crippen LogP contribution in [-0.2, 0) is 14.4 Å². The van der Waals surface area contributed by atoms with Crippen molar-refractivity contribution in [2.45, 2.75) is 63.0 Å². The second-order valence-electron chi connectivity index (χ2n) is 9.12. The fourth-order valence-corrected chi connectivity index (χ4v) is 6.44. The molecule has 0 aromatic carbocycles. The largest absolute Gasteiger partial charge is 0.481 e. The maximum absolute atomic E-state index is 12.9. The maximum Gasteiger partial charge on any atom is 0.313 e. The maximum atomic E-state index is 12.9. The number of carbonyl (C=O) groups excluding carboxylic acids is 2. The van der Waals surface area contributed by atoms with E-state index >= 15 is 0 Å². The summed E-state index contributed by atoms with van der Waals surface area (Å²) in [7, 11) is 0. The normalized spacial score (nSPS) is 22.6. The first-order chi connectivity index (χ1) is 15.3. The summed E-state index contributed by atoms with van der Waals surface area (Å²) in [6, 6.07) is 3.68. The number of thiophene rings is 1. The number of carboxylic acid groups (broad SMARTS) is 1. The molecule has 0 atom stereocenters. The number of hydrogen-bond donors (Lipinski definition) is 2. The number of rotatable bonds is 8. The molecule has 1 aromatic rings. The third kappa shape index (κ3) is 7.66. The summed E-state index contributed by atoms with van der Waals surface area (Å²) in [6.45, 7) is 5.57. The van der Waals surface area contributed by atoms with Gasteiger partial charge in [-0.25, -0.2) is 0 Å². The van der Waals surface area contributed by atoms with Gasteiger partial charge in [-0.3, -0.25) is 14.4 Å². The van der Waals surface area contributed by atoms with Crippen LogP contribution >= 0.6 is 23.1 Å². The van der Waals surface area contributed by atoms with E-state index in [2.05, 4.69) is 12.2 Å². The van der Waals surface area contributed by atoms with E-state index < -0.39 is 5.97 Å². The van der Waals surface area contributed by atoms with Crippen LogP contribution in [0, 0.1) is 17.8 Å². The summed E-state index contributed by atoms with van der Waals surface area (Å²) in [5.74, 6) is 0.955. The predicted molar refractivity (Wildman–Crippen MR) is 130 cm³/mol. The Morgan fingerprint density at radius 1 is 1.16 bits per heavy atom. The highest BCUT2D eigenvalue weighted by Crippen LogP contribution is 2.37. The van der Waals surface area contributed by atoms with Crippen molar-refractivity contribution in [2.75, 3.05) is 24.2 Å². The summed E-state index contributed by atoms with van der Waals surface area (Å²) < 4.78 is 0.880. The summed E-state index contributed by atoms with van der Waals surface area (Å²) in [6.07, 6.45) is 9.45. The van der Waals surface area contributed by atoms with Crippen molar-refractivity contribution in [1.29, 1.82) is 0 Å². The van der Waals surface area contributed by atoms with E-state index in [1.54, 1.807) is 6.92 Å². The molecule has 0 unspecified atom stereocenters. The fraction of sp³-hybridized carbons (Fsp3) is 0.625. The van der Waals surface area contributed by atoms with Crippen LogP contribution in [0.3, 0.4) is 0 Å². The molecule has 2 amide bonds. The molecule has 2 aliphatic rings. The number of nitrogens with zero attached hydrogens (tertiary/aromatic N) is 1. The van der Waals surface area contributed by atoms with Crippen molar-refractivity contribution >= 4 is 45.9 Å². The first-order valence-corrected chi connectivity index (χ1v) is 13.3. The molecule has 6 nitrogen and oxygen atoms in total. The number of carboxylic acids is 1. The molecule has 3 rings (SSSR count). The Labute approximate surface area is 198 Å². The van der Waals surface area contributed by atoms with Crippen molar-refractivity contribution in [3.8, 4) is 0 Å². The van der Waals surface area contributed by atoms with E-state index in [0.717, 1.165) is 60.3 Å². The summed E-state index contributed by atoms with van der Waals surface area (Å²) in [5, 5.41) is 12.5. The molecule has 8 heteroatoms. The minimum absolute atomic E-state index is 0.0144. The highest BCUT2D eigenvalue weighted by atomic mass is 32.2. The van der Waals surface area contributed by atoms with E-state index in [1.807, 2.05) is 23.1 Å². The van der Waals surface area contributed by atoms with Crippen molar-refractivity contribution in [3.63, 3.8) is 0 Å². The molecule has 1 aromatic heterocycles. The fourth-order valence-electron chi connectivity index (χ4n) is 4.68. The zero-order chi connectivity index (χ0) is 23.1. The van der Waals surface area contributed by atoms with Crippen molar-refractivity contribution < 1.29 is 19.5 Å². The van der Waals surface area contributed by atoms with Crippen LogP contribution in [0.2, 0.25) is 0 Å². The summed E-state index contributed by atoms with van der Waals surface area (Å²) >= 11 is 2.67. The minimum atomic E-state index is -0.850. The van der Waals surface area contributed by atoms with Gasteiger partial charge in [0.15, 0.2) is 0 Å². The van der Waals surface area contributed by atoms with Crippen LogP contribution in [0.1, 0.15) is 58.8 Å². The molecule has 1 aliphatic heterocycles. The van der Waals surface area contributed by atoms with Gasteiger partial charge >= 0.3 is 5.97 Å². The molecule has 0 spiro atoms. The van der Waals surface area contributed by atoms with Crippen molar-refractivity contribution in [2.24, 2.45) is 17.8 Å². The Hall–Kier alpha value is -1.80. The number of hydrogen-bond acceptors (Lipinski definition) is 5. The average Bonchev–Trinajstić information content (AvgIpc) is 3.20. The lowest BCUT2D eigenvalue weighted by Crippen LogP contribution is -2.37. The second-order valence-corrected chi connectivity index (χ2v) is 11.5. The van der Waals surface area contributed by atoms with Crippen LogP contribution in [0.4, 0.5) is 5.00 Å². The Balaban J connectivity index is 1.63. The number of amides is 2. The van der Waals surface area contributed by atoms with Gasteiger partial charge in [0.2, 0.25) is 11.8 Å². The van der Waals surface area contributed by atoms with Crippen LogP contribution < -0.4 is 5.32 Å². The molecule has 1 saturated carbocycles. The van der Waals surface area contributed by atoms with Gasteiger partial charge in [0.05, 0.1) is 15.0 Å². The van der Waals surface area contributed by atoms with Gasteiger partial charge in [0, 0.05) is 26.1 Å². The number of likely N-dealkylation sites (tertiary alicyclic amines) is 1. The van der Waals surface area contributed by atoms with E-state index in [1.165, 1.54) is 41.5 Å². The van der Waals surface area contributed by atoms with Crippen LogP contribution in [-0.4, -0.2) is 46.6 Å². The zero-order valence-corrected chi connectivity index (χ0v) is 20.6. The number of anilines is 1. The Morgan fingerprint density at radius 2 is 1.84 bits per heavy atom. The smallest absolute Gasteiger partial charge is 0.313 e. The molecular formula is C24H34N2O4S2. The summed E-state index contributed by atoms with van der Waals surface area (Å²) in [5.41, 5.74) is 1.26. The standard InChI is InChI=1S/C24H34N2O4S2/c1-16-3-5-19(6-4-16)20(13-18-9-11-26(12-10-18)17(2)27)14-21(28)25-22-7-8-24(32-22)31-15-23(29)30/h7-8,14,16,18-19H,3-6,9-13,15H2,1-2H3,(H,25,28)(H,29,30)/b20-14-. The number of piperidine rings is 1. The van der Waals surface area contributed by atoms with E-state index in [-0.39, 0.29) is 17.6 Å². The molecule has 176 valence electrons. The number of aliphatic carboxylic acids is 1. The van der Waals surface area contributed by atoms with E-state index in [0.29, 0.717) is 11.8 Å². The average molecular weight is 479 g/mol. The monoisotopic (exact) mass is 478 g/mol. The molecule has 1 aliphatic carbocycles. The molecule has 1 saturated heterocycles. The zero-order valence-electron chi connectivity index (χ0n) is 19.0. The van der Waals surface area contributed by atoms with Gasteiger partial charge in [-0.15, -0.1) is 23.1 Å². The van der Waals surface area contributed by atoms with Gasteiger partial charge in [-0.05, 0) is 62.0 Å². The molecular weight excluding hydrogens is 444 g/mol. The van der Waals surface area contributed by atoms with E-state index in [9.17, 15) is 14.4 Å². The van der Waals surface area contributed by atoms with Crippen molar-refractivity contribution in [3.05, 3.63) is 23.8 Å². The van der Waals surface area contributed by atoms with Gasteiger partial charge in [0.1, 0.15) is 0 Å². The van der Waals surface area contributed by atoms with Gasteiger partial charge < -0.3 is 15.3 Å². The number of thioether (sulfide) groups is 1. The molecule has 2 heterocycles. The predicted octanol–water partition coefficient (Wildman–Crippen LogP) is 5.26. The molecule has 0 bridgehead atoms. The lowest BCUT2D eigenvalue weighted by molar-refractivity contribution is -0.134. The van der Waals surface area contributed by atoms with Gasteiger partial charge in [-0.2, -0.15) is 0 Å². The molecule has 32 heavy (non-hydrogen) atoms. The van der Waals surface area contributed by atoms with Crippen LogP contribution in [0.15, 0.2) is 28.0 Å². The molecule has 2 fully saturated rings. The Bertz CT molecular complexity index is 835. The highest BCUT2D eigenvalue weighted by molar-refractivity contribution is 8.01. The van der Waals surface area contributed by atoms with Crippen LogP contribution in [0.25, 0.3) is 0 Å². The SMILES string of the molecule is CC(=O)N1CCC(C/C(=C/C(=O)Nc2ccc(SCC(=O)O)s2)C2CCC(C)CC2)CC1. The molecule has 0 radical (unpaired) electrons. The van der Waals surface area contributed by atoms with Gasteiger partial charge in [0.25, 0.3) is 0 Å². The van der Waals surface area contributed by atoms with Crippen molar-refractivity contribution in [1.82, 2.24) is 4.90 Å². The number of carbonyl (C=O) groups is 3. The second kappa shape index (κ2) is 11.9. The Morgan fingerprint density at radius 3 is 2.47 bits per heavy atom. The number of nitrogens with one attached hydrogen (secondary N) is 1. The Kier molecular flexibility index (Phi) is 9.22. The minimum Gasteiger partial charge on any atom is -0.481 e. The first-order valence-electron chi connectivity index (χ1n) is 11.5. The van der Waals surface area contributed by atoms with Crippen LogP contribution in [0.5, 0.6) is 0 Å². The lowest BCUT2D eigenvalue weighted by atomic mass is 9.75. The molecule has 2 N–H and O–H groups in total. The third-order valence-electron chi connectivity index (χ3n) is 6.61.